The molecule has 0 saturated heterocycles. The molecule has 1 aromatic carbocycles. The van der Waals surface area contributed by atoms with Crippen LogP contribution in [0.3, 0.4) is 0 Å². The lowest BCUT2D eigenvalue weighted by Crippen LogP contribution is -2.31. The van der Waals surface area contributed by atoms with Gasteiger partial charge in [0, 0.05) is 13.1 Å². The molecule has 0 aliphatic carbocycles. The largest absolute Gasteiger partial charge is 0.507 e. The summed E-state index contributed by atoms with van der Waals surface area (Å²) in [5.41, 5.74) is 2.28. The maximum Gasteiger partial charge on any atom is 0.410 e. The van der Waals surface area contributed by atoms with Crippen LogP contribution < -0.4 is 0 Å². The average molecular weight is 335 g/mol. The molecule has 0 atom stereocenters. The van der Waals surface area contributed by atoms with E-state index in [2.05, 4.69) is 41.5 Å². The first kappa shape index (κ1) is 20.3. The normalized spacial score (nSPS) is 12.2. The second kappa shape index (κ2) is 7.45. The minimum Gasteiger partial charge on any atom is -0.507 e. The molecule has 1 rings (SSSR count). The SMILES string of the molecule is CCN(CC)C(=O)OCc1cc(C(C)(C)C)c(O)c(C(C)(C)C)c1. The Hall–Kier alpha value is -1.71. The van der Waals surface area contributed by atoms with E-state index in [9.17, 15) is 9.90 Å². The maximum atomic E-state index is 12.1. The van der Waals surface area contributed by atoms with Crippen LogP contribution in [0.25, 0.3) is 0 Å². The number of carbonyl (C=O) groups is 1. The monoisotopic (exact) mass is 335 g/mol. The van der Waals surface area contributed by atoms with Crippen molar-refractivity contribution in [3.63, 3.8) is 0 Å². The summed E-state index contributed by atoms with van der Waals surface area (Å²) < 4.78 is 5.45. The van der Waals surface area contributed by atoms with Crippen molar-refractivity contribution >= 4 is 6.09 Å². The summed E-state index contributed by atoms with van der Waals surface area (Å²) in [7, 11) is 0. The molecule has 0 aliphatic heterocycles. The first-order valence-corrected chi connectivity index (χ1v) is 8.70. The molecule has 0 spiro atoms. The molecule has 0 heterocycles. The first-order valence-electron chi connectivity index (χ1n) is 8.70. The van der Waals surface area contributed by atoms with Crippen LogP contribution in [0.2, 0.25) is 0 Å². The van der Waals surface area contributed by atoms with Crippen molar-refractivity contribution in [2.75, 3.05) is 13.1 Å². The molecular weight excluding hydrogens is 302 g/mol. The predicted octanol–water partition coefficient (Wildman–Crippen LogP) is 4.97. The van der Waals surface area contributed by atoms with E-state index in [0.29, 0.717) is 18.8 Å². The average Bonchev–Trinajstić information content (AvgIpc) is 2.44. The Bertz CT molecular complexity index is 541. The van der Waals surface area contributed by atoms with Crippen LogP contribution in [0.15, 0.2) is 12.1 Å². The molecule has 4 heteroatoms. The number of rotatable bonds is 4. The standard InChI is InChI=1S/C20H33NO3/c1-9-21(10-2)18(23)24-13-14-11-15(19(3,4)5)17(22)16(12-14)20(6,7)8/h11-12,22H,9-10,13H2,1-8H3. The second-order valence-electron chi connectivity index (χ2n) is 8.27. The van der Waals surface area contributed by atoms with Gasteiger partial charge >= 0.3 is 6.09 Å². The highest BCUT2D eigenvalue weighted by Crippen LogP contribution is 2.39. The molecule has 0 unspecified atom stereocenters. The van der Waals surface area contributed by atoms with Gasteiger partial charge in [0.15, 0.2) is 0 Å². The van der Waals surface area contributed by atoms with E-state index in [1.807, 2.05) is 26.0 Å². The smallest absolute Gasteiger partial charge is 0.410 e. The number of phenolic OH excluding ortho intramolecular Hbond substituents is 1. The van der Waals surface area contributed by atoms with Crippen LogP contribution in [0.4, 0.5) is 4.79 Å². The number of ether oxygens (including phenoxy) is 1. The van der Waals surface area contributed by atoms with Gasteiger partial charge < -0.3 is 14.7 Å². The molecule has 1 N–H and O–H groups in total. The number of carbonyl (C=O) groups excluding carboxylic acids is 1. The molecule has 136 valence electrons. The fourth-order valence-corrected chi connectivity index (χ4v) is 2.64. The fourth-order valence-electron chi connectivity index (χ4n) is 2.64. The first-order chi connectivity index (χ1) is 10.9. The third-order valence-corrected chi connectivity index (χ3v) is 4.17. The number of benzene rings is 1. The zero-order valence-corrected chi connectivity index (χ0v) is 16.5. The topological polar surface area (TPSA) is 49.8 Å². The number of aromatic hydroxyl groups is 1. The number of phenols is 1. The van der Waals surface area contributed by atoms with Crippen LogP contribution in [-0.2, 0) is 22.2 Å². The van der Waals surface area contributed by atoms with Gasteiger partial charge in [-0.05, 0) is 53.5 Å². The number of hydrogen-bond acceptors (Lipinski definition) is 3. The molecule has 0 bridgehead atoms. The lowest BCUT2D eigenvalue weighted by Gasteiger charge is -2.28. The van der Waals surface area contributed by atoms with Crippen molar-refractivity contribution in [2.24, 2.45) is 0 Å². The minimum atomic E-state index is -0.303. The Morgan fingerprint density at radius 2 is 1.42 bits per heavy atom. The van der Waals surface area contributed by atoms with Crippen LogP contribution in [0.1, 0.15) is 72.1 Å². The lowest BCUT2D eigenvalue weighted by molar-refractivity contribution is 0.0998. The Balaban J connectivity index is 3.18. The lowest BCUT2D eigenvalue weighted by atomic mass is 9.78. The fraction of sp³-hybridized carbons (Fsp3) is 0.650. The summed E-state index contributed by atoms with van der Waals surface area (Å²) in [6.45, 7) is 17.8. The van der Waals surface area contributed by atoms with E-state index in [1.165, 1.54) is 0 Å². The van der Waals surface area contributed by atoms with Crippen molar-refractivity contribution in [1.82, 2.24) is 4.90 Å². The van der Waals surface area contributed by atoms with Crippen LogP contribution in [-0.4, -0.2) is 29.2 Å². The van der Waals surface area contributed by atoms with Gasteiger partial charge in [-0.25, -0.2) is 4.79 Å². The third kappa shape index (κ3) is 4.89. The Labute approximate surface area is 146 Å². The maximum absolute atomic E-state index is 12.1. The summed E-state index contributed by atoms with van der Waals surface area (Å²) in [5.74, 6) is 0.341. The van der Waals surface area contributed by atoms with E-state index in [1.54, 1.807) is 4.90 Å². The summed E-state index contributed by atoms with van der Waals surface area (Å²) >= 11 is 0. The molecule has 1 aromatic rings. The second-order valence-corrected chi connectivity index (χ2v) is 8.27. The highest BCUT2D eigenvalue weighted by molar-refractivity contribution is 5.67. The van der Waals surface area contributed by atoms with E-state index < -0.39 is 0 Å². The van der Waals surface area contributed by atoms with Crippen molar-refractivity contribution in [3.05, 3.63) is 28.8 Å². The van der Waals surface area contributed by atoms with Gasteiger partial charge in [-0.2, -0.15) is 0 Å². The van der Waals surface area contributed by atoms with Gasteiger partial charge in [0.05, 0.1) is 0 Å². The summed E-state index contributed by atoms with van der Waals surface area (Å²) in [5, 5.41) is 10.7. The van der Waals surface area contributed by atoms with Crippen molar-refractivity contribution < 1.29 is 14.6 Å². The molecule has 4 nitrogen and oxygen atoms in total. The predicted molar refractivity (Wildman–Crippen MR) is 98.6 cm³/mol. The molecule has 0 aliphatic rings. The number of amides is 1. The van der Waals surface area contributed by atoms with E-state index in [0.717, 1.165) is 16.7 Å². The van der Waals surface area contributed by atoms with Crippen LogP contribution >= 0.6 is 0 Å². The third-order valence-electron chi connectivity index (χ3n) is 4.17. The molecule has 0 aromatic heterocycles. The molecular formula is C20H33NO3. The van der Waals surface area contributed by atoms with Gasteiger partial charge in [-0.15, -0.1) is 0 Å². The van der Waals surface area contributed by atoms with Crippen molar-refractivity contribution in [3.8, 4) is 5.75 Å². The van der Waals surface area contributed by atoms with Gasteiger partial charge in [-0.3, -0.25) is 0 Å². The van der Waals surface area contributed by atoms with Gasteiger partial charge in [0.25, 0.3) is 0 Å². The van der Waals surface area contributed by atoms with Crippen LogP contribution in [0, 0.1) is 0 Å². The summed E-state index contributed by atoms with van der Waals surface area (Å²) in [6, 6.07) is 3.89. The highest BCUT2D eigenvalue weighted by Gasteiger charge is 2.26. The molecule has 0 saturated carbocycles. The van der Waals surface area contributed by atoms with E-state index >= 15 is 0 Å². The molecule has 1 amide bonds. The quantitative estimate of drug-likeness (QED) is 0.845. The van der Waals surface area contributed by atoms with Gasteiger partial charge in [0.2, 0.25) is 0 Å². The van der Waals surface area contributed by atoms with Crippen molar-refractivity contribution in [1.29, 1.82) is 0 Å². The van der Waals surface area contributed by atoms with Crippen molar-refractivity contribution in [2.45, 2.75) is 72.8 Å². The van der Waals surface area contributed by atoms with E-state index in [4.69, 9.17) is 4.74 Å². The Morgan fingerprint density at radius 1 is 1.00 bits per heavy atom. The highest BCUT2D eigenvalue weighted by atomic mass is 16.6. The zero-order chi connectivity index (χ0) is 18.7. The minimum absolute atomic E-state index is 0.191. The van der Waals surface area contributed by atoms with Gasteiger partial charge in [0.1, 0.15) is 12.4 Å². The van der Waals surface area contributed by atoms with Gasteiger partial charge in [-0.1, -0.05) is 41.5 Å². The van der Waals surface area contributed by atoms with E-state index in [-0.39, 0.29) is 23.5 Å². The number of hydrogen-bond donors (Lipinski definition) is 1. The molecule has 0 fully saturated rings. The summed E-state index contributed by atoms with van der Waals surface area (Å²) in [4.78, 5) is 13.7. The zero-order valence-electron chi connectivity index (χ0n) is 16.5. The molecule has 0 radical (unpaired) electrons. The Morgan fingerprint density at radius 3 is 1.75 bits per heavy atom. The molecule has 24 heavy (non-hydrogen) atoms. The Kier molecular flexibility index (Phi) is 6.32. The summed E-state index contributed by atoms with van der Waals surface area (Å²) in [6.07, 6.45) is -0.303. The number of nitrogens with zero attached hydrogens (tertiary/aromatic N) is 1. The van der Waals surface area contributed by atoms with Crippen LogP contribution in [0.5, 0.6) is 5.75 Å².